The standard InChI is InChI=1S/C18H18N2O4S/c1-15-8-10-17(11-9-15)25(22,23)20-19-14-16-6-2-3-7-18(16)24-13-5-4-12-21/h2-3,6-11,14,20-21H,12-13H2,1H3/b19-14+. The molecule has 0 radical (unpaired) electrons. The summed E-state index contributed by atoms with van der Waals surface area (Å²) in [7, 11) is -3.72. The summed E-state index contributed by atoms with van der Waals surface area (Å²) in [5, 5.41) is 12.4. The van der Waals surface area contributed by atoms with Gasteiger partial charge in [0.15, 0.2) is 0 Å². The van der Waals surface area contributed by atoms with Gasteiger partial charge in [0.25, 0.3) is 10.0 Å². The number of nitrogens with zero attached hydrogens (tertiary/aromatic N) is 1. The number of para-hydroxylation sites is 1. The van der Waals surface area contributed by atoms with Crippen molar-refractivity contribution >= 4 is 16.2 Å². The summed E-state index contributed by atoms with van der Waals surface area (Å²) in [5.41, 5.74) is 1.57. The third-order valence-electron chi connectivity index (χ3n) is 3.13. The second kappa shape index (κ2) is 8.87. The van der Waals surface area contributed by atoms with Crippen LogP contribution in [0.3, 0.4) is 0 Å². The third-order valence-corrected chi connectivity index (χ3v) is 4.37. The number of benzene rings is 2. The summed E-state index contributed by atoms with van der Waals surface area (Å²) in [6, 6.07) is 13.5. The van der Waals surface area contributed by atoms with Gasteiger partial charge in [-0.3, -0.25) is 0 Å². The van der Waals surface area contributed by atoms with Crippen molar-refractivity contribution < 1.29 is 18.3 Å². The van der Waals surface area contributed by atoms with Gasteiger partial charge in [0.05, 0.1) is 11.1 Å². The van der Waals surface area contributed by atoms with Gasteiger partial charge in [-0.15, -0.1) is 0 Å². The summed E-state index contributed by atoms with van der Waals surface area (Å²) >= 11 is 0. The first kappa shape index (κ1) is 18.5. The monoisotopic (exact) mass is 358 g/mol. The van der Waals surface area contributed by atoms with Gasteiger partial charge < -0.3 is 9.84 Å². The molecule has 0 atom stereocenters. The Hall–Kier alpha value is -2.82. The van der Waals surface area contributed by atoms with Gasteiger partial charge in [-0.2, -0.15) is 13.5 Å². The largest absolute Gasteiger partial charge is 0.480 e. The maximum Gasteiger partial charge on any atom is 0.276 e. The highest BCUT2D eigenvalue weighted by Gasteiger charge is 2.11. The molecule has 0 spiro atoms. The fourth-order valence-corrected chi connectivity index (χ4v) is 2.67. The number of rotatable bonds is 6. The first-order valence-electron chi connectivity index (χ1n) is 7.43. The van der Waals surface area contributed by atoms with Gasteiger partial charge in [0.1, 0.15) is 19.0 Å². The zero-order valence-electron chi connectivity index (χ0n) is 13.6. The van der Waals surface area contributed by atoms with Crippen LogP contribution in [0.5, 0.6) is 5.75 Å². The molecule has 0 aliphatic carbocycles. The lowest BCUT2D eigenvalue weighted by atomic mass is 10.2. The molecular formula is C18H18N2O4S. The zero-order valence-corrected chi connectivity index (χ0v) is 14.5. The minimum absolute atomic E-state index is 0.112. The fraction of sp³-hybridized carbons (Fsp3) is 0.167. The third kappa shape index (κ3) is 5.64. The minimum Gasteiger partial charge on any atom is -0.480 e. The number of nitrogens with one attached hydrogen (secondary N) is 1. The molecule has 6 nitrogen and oxygen atoms in total. The van der Waals surface area contributed by atoms with Crippen molar-refractivity contribution in [3.8, 4) is 17.6 Å². The molecule has 0 heterocycles. The van der Waals surface area contributed by atoms with Crippen molar-refractivity contribution in [2.75, 3.05) is 13.2 Å². The molecule has 0 amide bonds. The quantitative estimate of drug-likeness (QED) is 0.467. The van der Waals surface area contributed by atoms with E-state index in [0.29, 0.717) is 11.3 Å². The van der Waals surface area contributed by atoms with Gasteiger partial charge in [-0.25, -0.2) is 4.83 Å². The summed E-state index contributed by atoms with van der Waals surface area (Å²) in [4.78, 5) is 2.31. The lowest BCUT2D eigenvalue weighted by Crippen LogP contribution is -2.18. The summed E-state index contributed by atoms with van der Waals surface area (Å²) in [5.74, 6) is 5.62. The molecule has 25 heavy (non-hydrogen) atoms. The number of ether oxygens (including phenoxy) is 1. The Balaban J connectivity index is 2.07. The lowest BCUT2D eigenvalue weighted by molar-refractivity contribution is 0.347. The second-order valence-corrected chi connectivity index (χ2v) is 6.66. The number of hydrogen-bond acceptors (Lipinski definition) is 5. The molecule has 2 N–H and O–H groups in total. The fourth-order valence-electron chi connectivity index (χ4n) is 1.87. The Morgan fingerprint density at radius 2 is 1.88 bits per heavy atom. The van der Waals surface area contributed by atoms with E-state index < -0.39 is 10.0 Å². The molecule has 2 rings (SSSR count). The zero-order chi connectivity index (χ0) is 18.1. The van der Waals surface area contributed by atoms with Crippen LogP contribution in [0.1, 0.15) is 11.1 Å². The van der Waals surface area contributed by atoms with Crippen molar-refractivity contribution in [1.29, 1.82) is 0 Å². The maximum atomic E-state index is 12.2. The number of hydrogen-bond donors (Lipinski definition) is 2. The van der Waals surface area contributed by atoms with Crippen LogP contribution in [0.4, 0.5) is 0 Å². The van der Waals surface area contributed by atoms with Gasteiger partial charge in [-0.05, 0) is 31.2 Å². The van der Waals surface area contributed by atoms with Crippen molar-refractivity contribution in [2.24, 2.45) is 5.10 Å². The van der Waals surface area contributed by atoms with Crippen LogP contribution >= 0.6 is 0 Å². The molecule has 2 aromatic carbocycles. The van der Waals surface area contributed by atoms with Crippen LogP contribution in [0.25, 0.3) is 0 Å². The van der Waals surface area contributed by atoms with Gasteiger partial charge >= 0.3 is 0 Å². The molecule has 130 valence electrons. The molecule has 0 aliphatic rings. The van der Waals surface area contributed by atoms with Crippen LogP contribution in [-0.4, -0.2) is 33.0 Å². The lowest BCUT2D eigenvalue weighted by Gasteiger charge is -2.06. The average Bonchev–Trinajstić information content (AvgIpc) is 2.60. The Morgan fingerprint density at radius 3 is 2.60 bits per heavy atom. The molecule has 0 fully saturated rings. The average molecular weight is 358 g/mol. The Morgan fingerprint density at radius 1 is 1.16 bits per heavy atom. The Labute approximate surface area is 147 Å². The van der Waals surface area contributed by atoms with E-state index in [9.17, 15) is 8.42 Å². The van der Waals surface area contributed by atoms with Crippen LogP contribution in [0, 0.1) is 18.8 Å². The highest BCUT2D eigenvalue weighted by Crippen LogP contribution is 2.16. The van der Waals surface area contributed by atoms with E-state index in [1.807, 2.05) is 6.92 Å². The molecule has 0 bridgehead atoms. The number of sulfonamides is 1. The van der Waals surface area contributed by atoms with Gasteiger partial charge in [0, 0.05) is 5.56 Å². The minimum atomic E-state index is -3.72. The van der Waals surface area contributed by atoms with Gasteiger partial charge in [-0.1, -0.05) is 41.7 Å². The van der Waals surface area contributed by atoms with E-state index in [0.717, 1.165) is 5.56 Å². The predicted octanol–water partition coefficient (Wildman–Crippen LogP) is 1.68. The van der Waals surface area contributed by atoms with Crippen molar-refractivity contribution in [2.45, 2.75) is 11.8 Å². The van der Waals surface area contributed by atoms with Crippen LogP contribution < -0.4 is 9.57 Å². The van der Waals surface area contributed by atoms with E-state index in [2.05, 4.69) is 21.8 Å². The first-order valence-corrected chi connectivity index (χ1v) is 8.91. The van der Waals surface area contributed by atoms with E-state index >= 15 is 0 Å². The van der Waals surface area contributed by atoms with Gasteiger partial charge in [0.2, 0.25) is 0 Å². The number of aryl methyl sites for hydroxylation is 1. The van der Waals surface area contributed by atoms with E-state index in [4.69, 9.17) is 9.84 Å². The van der Waals surface area contributed by atoms with Crippen molar-refractivity contribution in [3.63, 3.8) is 0 Å². The Bertz CT molecular complexity index is 895. The van der Waals surface area contributed by atoms with Crippen molar-refractivity contribution in [1.82, 2.24) is 4.83 Å². The van der Waals surface area contributed by atoms with Crippen LogP contribution in [0.2, 0.25) is 0 Å². The highest BCUT2D eigenvalue weighted by atomic mass is 32.2. The van der Waals surface area contributed by atoms with Crippen molar-refractivity contribution in [3.05, 3.63) is 59.7 Å². The molecule has 0 aromatic heterocycles. The highest BCUT2D eigenvalue weighted by molar-refractivity contribution is 7.89. The maximum absolute atomic E-state index is 12.2. The summed E-state index contributed by atoms with van der Waals surface area (Å²) in [6.07, 6.45) is 1.36. The number of aliphatic hydroxyl groups excluding tert-OH is 1. The normalized spacial score (nSPS) is 11.0. The molecule has 2 aromatic rings. The molecule has 0 saturated carbocycles. The van der Waals surface area contributed by atoms with E-state index in [1.54, 1.807) is 36.4 Å². The molecular weight excluding hydrogens is 340 g/mol. The summed E-state index contributed by atoms with van der Waals surface area (Å²) in [6.45, 7) is 1.76. The van der Waals surface area contributed by atoms with E-state index in [1.165, 1.54) is 18.3 Å². The molecule has 0 unspecified atom stereocenters. The molecule has 0 saturated heterocycles. The van der Waals surface area contributed by atoms with Crippen LogP contribution in [-0.2, 0) is 10.0 Å². The second-order valence-electron chi connectivity index (χ2n) is 5.00. The van der Waals surface area contributed by atoms with E-state index in [-0.39, 0.29) is 18.1 Å². The SMILES string of the molecule is Cc1ccc(S(=O)(=O)N/N=C/c2ccccc2OCC#CCO)cc1. The Kier molecular flexibility index (Phi) is 6.57. The van der Waals surface area contributed by atoms with Crippen LogP contribution in [0.15, 0.2) is 58.5 Å². The number of hydrazone groups is 1. The smallest absolute Gasteiger partial charge is 0.276 e. The topological polar surface area (TPSA) is 88.0 Å². The predicted molar refractivity (Wildman–Crippen MR) is 95.9 cm³/mol. The number of aliphatic hydroxyl groups is 1. The molecule has 0 aliphatic heterocycles. The first-order chi connectivity index (χ1) is 12.0. The molecule has 7 heteroatoms. The summed E-state index contributed by atoms with van der Waals surface area (Å²) < 4.78 is 29.8.